The van der Waals surface area contributed by atoms with Crippen LogP contribution in [0.3, 0.4) is 0 Å². The fourth-order valence-electron chi connectivity index (χ4n) is 2.33. The highest BCUT2D eigenvalue weighted by atomic mass is 16.1. The van der Waals surface area contributed by atoms with Crippen LogP contribution < -0.4 is 5.32 Å². The first-order chi connectivity index (χ1) is 10.2. The number of amides is 1. The number of aromatic nitrogens is 4. The molecular weight excluding hydrogens is 266 g/mol. The Labute approximate surface area is 127 Å². The third-order valence-electron chi connectivity index (χ3n) is 3.63. The Hall–Kier alpha value is -1.46. The van der Waals surface area contributed by atoms with E-state index in [-0.39, 0.29) is 11.9 Å². The largest absolute Gasteiger partial charge is 0.346 e. The van der Waals surface area contributed by atoms with Crippen LogP contribution in [0.1, 0.15) is 89.9 Å². The van der Waals surface area contributed by atoms with Gasteiger partial charge in [0.2, 0.25) is 5.91 Å². The van der Waals surface area contributed by atoms with Crippen molar-refractivity contribution in [3.05, 3.63) is 5.82 Å². The van der Waals surface area contributed by atoms with E-state index >= 15 is 0 Å². The molecule has 6 nitrogen and oxygen atoms in total. The summed E-state index contributed by atoms with van der Waals surface area (Å²) in [4.78, 5) is 11.8. The smallest absolute Gasteiger partial charge is 0.220 e. The van der Waals surface area contributed by atoms with Crippen molar-refractivity contribution >= 4 is 5.91 Å². The molecule has 6 heteroatoms. The van der Waals surface area contributed by atoms with Crippen LogP contribution in [0.25, 0.3) is 0 Å². The maximum absolute atomic E-state index is 11.8. The second-order valence-electron chi connectivity index (χ2n) is 5.64. The van der Waals surface area contributed by atoms with Gasteiger partial charge in [-0.1, -0.05) is 63.5 Å². The molecule has 0 bridgehead atoms. The summed E-state index contributed by atoms with van der Waals surface area (Å²) < 4.78 is 0. The molecule has 0 radical (unpaired) electrons. The number of unbranched alkanes of at least 4 members (excludes halogenated alkanes) is 8. The SMILES string of the molecule is CCCCCCCCCCCC(=O)NC(C)c1nn[nH]n1. The molecule has 0 aliphatic carbocycles. The first kappa shape index (κ1) is 17.6. The van der Waals surface area contributed by atoms with E-state index in [0.717, 1.165) is 12.8 Å². The van der Waals surface area contributed by atoms with Crippen LogP contribution in [-0.4, -0.2) is 26.5 Å². The monoisotopic (exact) mass is 295 g/mol. The molecule has 120 valence electrons. The Morgan fingerprint density at radius 2 is 1.71 bits per heavy atom. The van der Waals surface area contributed by atoms with Crippen LogP contribution >= 0.6 is 0 Å². The average Bonchev–Trinajstić information content (AvgIpc) is 3.00. The molecule has 1 aromatic heterocycles. The van der Waals surface area contributed by atoms with Gasteiger partial charge in [0.05, 0.1) is 6.04 Å². The van der Waals surface area contributed by atoms with E-state index in [4.69, 9.17) is 0 Å². The minimum Gasteiger partial charge on any atom is -0.346 e. The lowest BCUT2D eigenvalue weighted by Crippen LogP contribution is -2.27. The molecule has 2 N–H and O–H groups in total. The molecule has 0 spiro atoms. The zero-order valence-electron chi connectivity index (χ0n) is 13.4. The summed E-state index contributed by atoms with van der Waals surface area (Å²) in [7, 11) is 0. The highest BCUT2D eigenvalue weighted by molar-refractivity contribution is 5.76. The summed E-state index contributed by atoms with van der Waals surface area (Å²) in [6.45, 7) is 4.10. The van der Waals surface area contributed by atoms with Gasteiger partial charge < -0.3 is 5.32 Å². The minimum atomic E-state index is -0.185. The van der Waals surface area contributed by atoms with Gasteiger partial charge in [0.15, 0.2) is 5.82 Å². The van der Waals surface area contributed by atoms with Gasteiger partial charge in [-0.25, -0.2) is 0 Å². The molecule has 1 rings (SSSR count). The van der Waals surface area contributed by atoms with Gasteiger partial charge in [0, 0.05) is 6.42 Å². The van der Waals surface area contributed by atoms with E-state index in [0.29, 0.717) is 12.2 Å². The van der Waals surface area contributed by atoms with E-state index in [1.165, 1.54) is 44.9 Å². The van der Waals surface area contributed by atoms with Gasteiger partial charge in [-0.3, -0.25) is 4.79 Å². The molecule has 0 aliphatic heterocycles. The van der Waals surface area contributed by atoms with Gasteiger partial charge >= 0.3 is 0 Å². The zero-order valence-corrected chi connectivity index (χ0v) is 13.4. The number of rotatable bonds is 12. The van der Waals surface area contributed by atoms with E-state index in [2.05, 4.69) is 32.9 Å². The standard InChI is InChI=1S/C15H29N5O/c1-3-4-5-6-7-8-9-10-11-12-14(21)16-13(2)15-17-19-20-18-15/h13H,3-12H2,1-2H3,(H,16,21)(H,17,18,19,20). The molecule has 0 saturated heterocycles. The first-order valence-electron chi connectivity index (χ1n) is 8.26. The summed E-state index contributed by atoms with van der Waals surface area (Å²) >= 11 is 0. The van der Waals surface area contributed by atoms with Gasteiger partial charge in [0.25, 0.3) is 0 Å². The predicted molar refractivity (Wildman–Crippen MR) is 82.6 cm³/mol. The Bertz CT molecular complexity index is 366. The number of carbonyl (C=O) groups excluding carboxylic acids is 1. The lowest BCUT2D eigenvalue weighted by Gasteiger charge is -2.09. The molecule has 1 aromatic rings. The Morgan fingerprint density at radius 3 is 2.29 bits per heavy atom. The van der Waals surface area contributed by atoms with Crippen molar-refractivity contribution < 1.29 is 4.79 Å². The summed E-state index contributed by atoms with van der Waals surface area (Å²) in [6.07, 6.45) is 11.9. The number of hydrogen-bond donors (Lipinski definition) is 2. The Kier molecular flexibility index (Phi) is 9.40. The van der Waals surface area contributed by atoms with Crippen molar-refractivity contribution in [2.45, 2.75) is 84.1 Å². The van der Waals surface area contributed by atoms with Crippen LogP contribution in [0.15, 0.2) is 0 Å². The normalized spacial score (nSPS) is 12.3. The molecule has 1 amide bonds. The molecule has 1 atom stereocenters. The Balaban J connectivity index is 1.94. The fraction of sp³-hybridized carbons (Fsp3) is 0.867. The molecule has 0 aromatic carbocycles. The number of carbonyl (C=O) groups is 1. The quantitative estimate of drug-likeness (QED) is 0.579. The lowest BCUT2D eigenvalue weighted by molar-refractivity contribution is -0.121. The number of nitrogens with zero attached hydrogens (tertiary/aromatic N) is 3. The topological polar surface area (TPSA) is 83.6 Å². The third-order valence-corrected chi connectivity index (χ3v) is 3.63. The maximum atomic E-state index is 11.8. The van der Waals surface area contributed by atoms with E-state index in [1.54, 1.807) is 0 Å². The first-order valence-corrected chi connectivity index (χ1v) is 8.26. The summed E-state index contributed by atoms with van der Waals surface area (Å²) in [5.74, 6) is 0.589. The van der Waals surface area contributed by atoms with Crippen LogP contribution in [0.2, 0.25) is 0 Å². The number of aromatic amines is 1. The summed E-state index contributed by atoms with van der Waals surface area (Å²) in [5, 5.41) is 16.5. The molecule has 1 unspecified atom stereocenters. The molecule has 1 heterocycles. The van der Waals surface area contributed by atoms with Crippen molar-refractivity contribution in [2.24, 2.45) is 0 Å². The maximum Gasteiger partial charge on any atom is 0.220 e. The Morgan fingerprint density at radius 1 is 1.10 bits per heavy atom. The van der Waals surface area contributed by atoms with Crippen molar-refractivity contribution in [1.29, 1.82) is 0 Å². The van der Waals surface area contributed by atoms with Crippen molar-refractivity contribution in [2.75, 3.05) is 0 Å². The second kappa shape index (κ2) is 11.2. The van der Waals surface area contributed by atoms with Crippen LogP contribution in [0.4, 0.5) is 0 Å². The van der Waals surface area contributed by atoms with Crippen LogP contribution in [-0.2, 0) is 4.79 Å². The van der Waals surface area contributed by atoms with Gasteiger partial charge in [-0.2, -0.15) is 5.21 Å². The zero-order chi connectivity index (χ0) is 15.3. The van der Waals surface area contributed by atoms with Gasteiger partial charge in [0.1, 0.15) is 0 Å². The second-order valence-corrected chi connectivity index (χ2v) is 5.64. The van der Waals surface area contributed by atoms with Crippen molar-refractivity contribution in [1.82, 2.24) is 25.9 Å². The molecular formula is C15H29N5O. The predicted octanol–water partition coefficient (Wildman–Crippen LogP) is 3.30. The molecule has 0 saturated carbocycles. The number of H-pyrrole nitrogens is 1. The van der Waals surface area contributed by atoms with E-state index in [9.17, 15) is 4.79 Å². The van der Waals surface area contributed by atoms with Crippen molar-refractivity contribution in [3.63, 3.8) is 0 Å². The van der Waals surface area contributed by atoms with Crippen LogP contribution in [0.5, 0.6) is 0 Å². The van der Waals surface area contributed by atoms with E-state index in [1.807, 2.05) is 6.92 Å². The average molecular weight is 295 g/mol. The summed E-state index contributed by atoms with van der Waals surface area (Å²) in [5.41, 5.74) is 0. The highest BCUT2D eigenvalue weighted by Gasteiger charge is 2.12. The number of tetrazole rings is 1. The van der Waals surface area contributed by atoms with Gasteiger partial charge in [-0.15, -0.1) is 10.2 Å². The minimum absolute atomic E-state index is 0.0650. The van der Waals surface area contributed by atoms with Crippen LogP contribution in [0, 0.1) is 0 Å². The lowest BCUT2D eigenvalue weighted by atomic mass is 10.1. The molecule has 0 aliphatic rings. The van der Waals surface area contributed by atoms with Gasteiger partial charge in [-0.05, 0) is 13.3 Å². The summed E-state index contributed by atoms with van der Waals surface area (Å²) in [6, 6.07) is -0.185. The third kappa shape index (κ3) is 8.42. The van der Waals surface area contributed by atoms with Crippen molar-refractivity contribution in [3.8, 4) is 0 Å². The fourth-order valence-corrected chi connectivity index (χ4v) is 2.33. The molecule has 0 fully saturated rings. The molecule has 21 heavy (non-hydrogen) atoms. The van der Waals surface area contributed by atoms with E-state index < -0.39 is 0 Å². The number of hydrogen-bond acceptors (Lipinski definition) is 4. The number of nitrogens with one attached hydrogen (secondary N) is 2. The highest BCUT2D eigenvalue weighted by Crippen LogP contribution is 2.11.